The number of benzene rings is 1. The molecule has 9 heteroatoms. The monoisotopic (exact) mass is 484 g/mol. The zero-order valence-electron chi connectivity index (χ0n) is 16.9. The Morgan fingerprint density at radius 3 is 2.62 bits per heavy atom. The Balaban J connectivity index is 1.37. The molecule has 1 N–H and O–H groups in total. The van der Waals surface area contributed by atoms with Gasteiger partial charge >= 0.3 is 0 Å². The SMILES string of the molecule is O=C(c1ccc(S(=O)(=O)NCc2ccco2)cc1)N1CCc2sccc2[C@@H]1c1cccs1. The lowest BCUT2D eigenvalue weighted by molar-refractivity contribution is 0.0698. The van der Waals surface area contributed by atoms with Crippen LogP contribution in [0.25, 0.3) is 0 Å². The Bertz CT molecular complexity index is 1310. The minimum Gasteiger partial charge on any atom is -0.468 e. The van der Waals surface area contributed by atoms with Crippen molar-refractivity contribution in [3.63, 3.8) is 0 Å². The number of rotatable bonds is 6. The van der Waals surface area contributed by atoms with E-state index in [4.69, 9.17) is 4.42 Å². The van der Waals surface area contributed by atoms with Crippen molar-refractivity contribution in [2.45, 2.75) is 23.9 Å². The Kier molecular flexibility index (Phi) is 5.73. The van der Waals surface area contributed by atoms with Crippen LogP contribution in [0.1, 0.15) is 37.5 Å². The molecule has 0 saturated heterocycles. The molecule has 0 radical (unpaired) electrons. The van der Waals surface area contributed by atoms with Crippen molar-refractivity contribution < 1.29 is 17.6 Å². The van der Waals surface area contributed by atoms with Gasteiger partial charge in [0.15, 0.2) is 0 Å². The molecule has 0 aliphatic carbocycles. The van der Waals surface area contributed by atoms with Crippen molar-refractivity contribution in [3.05, 3.63) is 98.3 Å². The highest BCUT2D eigenvalue weighted by Crippen LogP contribution is 2.40. The molecule has 1 aliphatic rings. The second-order valence-corrected chi connectivity index (χ2v) is 11.1. The number of hydrogen-bond donors (Lipinski definition) is 1. The largest absolute Gasteiger partial charge is 0.468 e. The van der Waals surface area contributed by atoms with Gasteiger partial charge in [-0.3, -0.25) is 4.79 Å². The zero-order chi connectivity index (χ0) is 22.1. The Morgan fingerprint density at radius 1 is 1.06 bits per heavy atom. The van der Waals surface area contributed by atoms with E-state index in [1.807, 2.05) is 16.3 Å². The molecule has 1 amide bonds. The molecule has 1 atom stereocenters. The predicted octanol–water partition coefficient (Wildman–Crippen LogP) is 4.67. The lowest BCUT2D eigenvalue weighted by Gasteiger charge is -2.35. The molecule has 1 aromatic carbocycles. The van der Waals surface area contributed by atoms with E-state index in [1.54, 1.807) is 46.9 Å². The minimum absolute atomic E-state index is 0.0647. The van der Waals surface area contributed by atoms with Crippen molar-refractivity contribution >= 4 is 38.6 Å². The summed E-state index contributed by atoms with van der Waals surface area (Å²) in [5, 5.41) is 4.10. The summed E-state index contributed by atoms with van der Waals surface area (Å²) in [6.45, 7) is 0.689. The number of carbonyl (C=O) groups is 1. The highest BCUT2D eigenvalue weighted by atomic mass is 32.2. The third-order valence-corrected chi connectivity index (χ3v) is 8.81. The molecule has 1 aliphatic heterocycles. The maximum absolute atomic E-state index is 13.4. The second-order valence-electron chi connectivity index (χ2n) is 7.39. The van der Waals surface area contributed by atoms with Crippen molar-refractivity contribution in [1.29, 1.82) is 0 Å². The molecule has 3 aromatic heterocycles. The van der Waals surface area contributed by atoms with Gasteiger partial charge < -0.3 is 9.32 Å². The summed E-state index contributed by atoms with van der Waals surface area (Å²) in [6.07, 6.45) is 2.32. The van der Waals surface area contributed by atoms with E-state index in [9.17, 15) is 13.2 Å². The number of amides is 1. The topological polar surface area (TPSA) is 79.6 Å². The molecule has 0 fully saturated rings. The average molecular weight is 485 g/mol. The Labute approximate surface area is 194 Å². The number of nitrogens with one attached hydrogen (secondary N) is 1. The van der Waals surface area contributed by atoms with Crippen LogP contribution in [0.2, 0.25) is 0 Å². The summed E-state index contributed by atoms with van der Waals surface area (Å²) >= 11 is 3.37. The summed E-state index contributed by atoms with van der Waals surface area (Å²) in [5.41, 5.74) is 1.65. The molecule has 4 aromatic rings. The van der Waals surface area contributed by atoms with Crippen molar-refractivity contribution in [1.82, 2.24) is 9.62 Å². The minimum atomic E-state index is -3.71. The van der Waals surface area contributed by atoms with Crippen LogP contribution < -0.4 is 4.72 Å². The highest BCUT2D eigenvalue weighted by molar-refractivity contribution is 7.89. The van der Waals surface area contributed by atoms with E-state index in [1.165, 1.54) is 28.8 Å². The van der Waals surface area contributed by atoms with Gasteiger partial charge in [0.05, 0.1) is 23.7 Å². The van der Waals surface area contributed by atoms with Gasteiger partial charge in [-0.25, -0.2) is 13.1 Å². The fourth-order valence-electron chi connectivity index (χ4n) is 3.89. The second kappa shape index (κ2) is 8.67. The Hall–Kier alpha value is -2.72. The van der Waals surface area contributed by atoms with E-state index in [0.717, 1.165) is 11.3 Å². The van der Waals surface area contributed by atoms with E-state index >= 15 is 0 Å². The number of hydrogen-bond acceptors (Lipinski definition) is 6. The van der Waals surface area contributed by atoms with Gasteiger partial charge in [0.25, 0.3) is 5.91 Å². The van der Waals surface area contributed by atoms with Gasteiger partial charge in [-0.2, -0.15) is 0 Å². The van der Waals surface area contributed by atoms with E-state index < -0.39 is 10.0 Å². The molecule has 4 heterocycles. The normalized spacial score (nSPS) is 16.1. The summed E-state index contributed by atoms with van der Waals surface area (Å²) in [6, 6.07) is 15.5. The first-order chi connectivity index (χ1) is 15.5. The number of furan rings is 1. The van der Waals surface area contributed by atoms with Gasteiger partial charge in [-0.15, -0.1) is 22.7 Å². The lowest BCUT2D eigenvalue weighted by Crippen LogP contribution is -2.39. The van der Waals surface area contributed by atoms with Gasteiger partial charge in [0.2, 0.25) is 10.0 Å². The van der Waals surface area contributed by atoms with E-state index in [0.29, 0.717) is 17.9 Å². The fraction of sp³-hybridized carbons (Fsp3) is 0.174. The molecule has 0 unspecified atom stereocenters. The lowest BCUT2D eigenvalue weighted by atomic mass is 9.97. The molecule has 32 heavy (non-hydrogen) atoms. The van der Waals surface area contributed by atoms with E-state index in [2.05, 4.69) is 22.2 Å². The summed E-state index contributed by atoms with van der Waals surface area (Å²) < 4.78 is 32.8. The van der Waals surface area contributed by atoms with Crippen LogP contribution >= 0.6 is 22.7 Å². The molecule has 0 spiro atoms. The van der Waals surface area contributed by atoms with E-state index in [-0.39, 0.29) is 23.4 Å². The molecule has 0 bridgehead atoms. The van der Waals surface area contributed by atoms with Crippen LogP contribution in [-0.2, 0) is 23.0 Å². The third-order valence-electron chi connectivity index (χ3n) is 5.47. The quantitative estimate of drug-likeness (QED) is 0.431. The van der Waals surface area contributed by atoms with Gasteiger partial charge in [-0.05, 0) is 71.3 Å². The van der Waals surface area contributed by atoms with Crippen molar-refractivity contribution in [2.24, 2.45) is 0 Å². The van der Waals surface area contributed by atoms with Crippen LogP contribution in [0.4, 0.5) is 0 Å². The Morgan fingerprint density at radius 2 is 1.91 bits per heavy atom. The number of sulfonamides is 1. The van der Waals surface area contributed by atoms with Crippen LogP contribution in [-0.4, -0.2) is 25.8 Å². The predicted molar refractivity (Wildman–Crippen MR) is 124 cm³/mol. The van der Waals surface area contributed by atoms with Crippen molar-refractivity contribution in [2.75, 3.05) is 6.54 Å². The first kappa shape index (κ1) is 21.1. The third kappa shape index (κ3) is 4.04. The summed E-state index contributed by atoms with van der Waals surface area (Å²) in [5.74, 6) is 0.422. The van der Waals surface area contributed by atoms with Gasteiger partial charge in [-0.1, -0.05) is 6.07 Å². The maximum Gasteiger partial charge on any atom is 0.254 e. The summed E-state index contributed by atoms with van der Waals surface area (Å²) in [7, 11) is -3.71. The number of nitrogens with zero attached hydrogens (tertiary/aromatic N) is 1. The van der Waals surface area contributed by atoms with Gasteiger partial charge in [0, 0.05) is 21.9 Å². The average Bonchev–Trinajstić information content (AvgIpc) is 3.59. The number of fused-ring (bicyclic) bond motifs is 1. The van der Waals surface area contributed by atoms with Crippen molar-refractivity contribution in [3.8, 4) is 0 Å². The van der Waals surface area contributed by atoms with Gasteiger partial charge in [0.1, 0.15) is 5.76 Å². The molecule has 0 saturated carbocycles. The fourth-order valence-corrected chi connectivity index (χ4v) is 6.65. The number of thiophene rings is 2. The standard InChI is InChI=1S/C23H20N2O4S3/c26-23(25-11-9-20-19(10-14-31-20)22(25)21-4-2-13-30-21)16-5-7-18(8-6-16)32(27,28)24-15-17-3-1-12-29-17/h1-8,10,12-14,22,24H,9,11,15H2/t22-/m1/s1. The first-order valence-electron chi connectivity index (χ1n) is 10.1. The highest BCUT2D eigenvalue weighted by Gasteiger charge is 2.34. The molecule has 6 nitrogen and oxygen atoms in total. The molecule has 164 valence electrons. The van der Waals surface area contributed by atoms with Crippen LogP contribution in [0, 0.1) is 0 Å². The smallest absolute Gasteiger partial charge is 0.254 e. The molecular weight excluding hydrogens is 464 g/mol. The maximum atomic E-state index is 13.4. The summed E-state index contributed by atoms with van der Waals surface area (Å²) in [4.78, 5) is 17.9. The van der Waals surface area contributed by atoms with Crippen LogP contribution in [0.3, 0.4) is 0 Å². The number of carbonyl (C=O) groups excluding carboxylic acids is 1. The van der Waals surface area contributed by atoms with Crippen LogP contribution in [0.15, 0.2) is 80.9 Å². The zero-order valence-corrected chi connectivity index (χ0v) is 19.4. The molecule has 5 rings (SSSR count). The first-order valence-corrected chi connectivity index (χ1v) is 13.3. The molecular formula is C23H20N2O4S3. The van der Waals surface area contributed by atoms with Crippen LogP contribution in [0.5, 0.6) is 0 Å².